The summed E-state index contributed by atoms with van der Waals surface area (Å²) in [5.74, 6) is 0. The Morgan fingerprint density at radius 1 is 0.556 bits per heavy atom. The van der Waals surface area contributed by atoms with Crippen LogP contribution in [-0.2, 0) is 0 Å². The van der Waals surface area contributed by atoms with Crippen LogP contribution in [0.25, 0.3) is 44.8 Å². The van der Waals surface area contributed by atoms with Crippen molar-refractivity contribution in [2.45, 2.75) is 0 Å². The SMILES string of the molecule is O=c1[nH]c2ccccc2nc1-c1ccc(-c2nc3ccccc3[nH]c2=O)[nH]1. The highest BCUT2D eigenvalue weighted by atomic mass is 16.1. The maximum absolute atomic E-state index is 12.4. The number of hydrogen-bond acceptors (Lipinski definition) is 4. The molecule has 0 fully saturated rings. The van der Waals surface area contributed by atoms with E-state index in [4.69, 9.17) is 0 Å². The van der Waals surface area contributed by atoms with Crippen molar-refractivity contribution in [1.29, 1.82) is 0 Å². The Labute approximate surface area is 151 Å². The molecule has 0 aliphatic heterocycles. The standard InChI is InChI=1S/C20H13N5O2/c26-19-17(22-11-5-1-3-7-13(11)24-19)15-9-10-16(21-15)18-20(27)25-14-8-4-2-6-12(14)23-18/h1-10,21H,(H,24,26)(H,25,27). The third-order valence-electron chi connectivity index (χ3n) is 4.40. The number of benzene rings is 2. The maximum Gasteiger partial charge on any atom is 0.276 e. The van der Waals surface area contributed by atoms with Crippen molar-refractivity contribution in [1.82, 2.24) is 24.9 Å². The third-order valence-corrected chi connectivity index (χ3v) is 4.40. The van der Waals surface area contributed by atoms with Crippen LogP contribution in [0.5, 0.6) is 0 Å². The summed E-state index contributed by atoms with van der Waals surface area (Å²) >= 11 is 0. The predicted octanol–water partition coefficient (Wildman–Crippen LogP) is 2.82. The molecule has 3 N–H and O–H groups in total. The van der Waals surface area contributed by atoms with E-state index < -0.39 is 0 Å². The smallest absolute Gasteiger partial charge is 0.276 e. The molecular weight excluding hydrogens is 342 g/mol. The lowest BCUT2D eigenvalue weighted by molar-refractivity contribution is 1.18. The van der Waals surface area contributed by atoms with Gasteiger partial charge in [0.15, 0.2) is 11.4 Å². The molecule has 0 unspecified atom stereocenters. The van der Waals surface area contributed by atoms with Crippen LogP contribution in [-0.4, -0.2) is 24.9 Å². The summed E-state index contributed by atoms with van der Waals surface area (Å²) in [5, 5.41) is 0. The number of aromatic amines is 3. The molecule has 2 aromatic carbocycles. The molecule has 0 aliphatic rings. The van der Waals surface area contributed by atoms with E-state index in [1.807, 2.05) is 36.4 Å². The van der Waals surface area contributed by atoms with Crippen LogP contribution in [0, 0.1) is 0 Å². The van der Waals surface area contributed by atoms with Gasteiger partial charge < -0.3 is 15.0 Å². The van der Waals surface area contributed by atoms with Gasteiger partial charge in [0.1, 0.15) is 0 Å². The molecule has 0 atom stereocenters. The third kappa shape index (κ3) is 2.53. The van der Waals surface area contributed by atoms with Gasteiger partial charge in [-0.05, 0) is 36.4 Å². The van der Waals surface area contributed by atoms with E-state index in [9.17, 15) is 9.59 Å². The zero-order valence-corrected chi connectivity index (χ0v) is 14.0. The summed E-state index contributed by atoms with van der Waals surface area (Å²) in [5.41, 5.74) is 3.67. The number of aromatic nitrogens is 5. The molecule has 0 amide bonds. The van der Waals surface area contributed by atoms with Gasteiger partial charge in [-0.2, -0.15) is 0 Å². The van der Waals surface area contributed by atoms with Crippen molar-refractivity contribution in [3.63, 3.8) is 0 Å². The zero-order chi connectivity index (χ0) is 18.4. The van der Waals surface area contributed by atoms with Crippen molar-refractivity contribution < 1.29 is 0 Å². The zero-order valence-electron chi connectivity index (χ0n) is 14.0. The quantitative estimate of drug-likeness (QED) is 0.452. The molecule has 27 heavy (non-hydrogen) atoms. The number of H-pyrrole nitrogens is 3. The van der Waals surface area contributed by atoms with Crippen LogP contribution < -0.4 is 11.1 Å². The Balaban J connectivity index is 1.65. The topological polar surface area (TPSA) is 107 Å². The van der Waals surface area contributed by atoms with Gasteiger partial charge in [-0.25, -0.2) is 9.97 Å². The fourth-order valence-electron chi connectivity index (χ4n) is 3.10. The number of hydrogen-bond donors (Lipinski definition) is 3. The molecule has 7 nitrogen and oxygen atoms in total. The first-order chi connectivity index (χ1) is 13.2. The molecule has 130 valence electrons. The van der Waals surface area contributed by atoms with Gasteiger partial charge in [-0.1, -0.05) is 24.3 Å². The van der Waals surface area contributed by atoms with Crippen molar-refractivity contribution in [3.8, 4) is 22.8 Å². The van der Waals surface area contributed by atoms with Crippen LogP contribution >= 0.6 is 0 Å². The fourth-order valence-corrected chi connectivity index (χ4v) is 3.10. The van der Waals surface area contributed by atoms with Crippen LogP contribution in [0.1, 0.15) is 0 Å². The van der Waals surface area contributed by atoms with Crippen LogP contribution in [0.15, 0.2) is 70.3 Å². The second-order valence-electron chi connectivity index (χ2n) is 6.15. The van der Waals surface area contributed by atoms with E-state index in [1.54, 1.807) is 24.3 Å². The predicted molar refractivity (Wildman–Crippen MR) is 104 cm³/mol. The lowest BCUT2D eigenvalue weighted by atomic mass is 10.2. The minimum absolute atomic E-state index is 0.261. The van der Waals surface area contributed by atoms with E-state index in [-0.39, 0.29) is 22.5 Å². The van der Waals surface area contributed by atoms with Gasteiger partial charge in [0, 0.05) is 0 Å². The van der Waals surface area contributed by atoms with Crippen molar-refractivity contribution in [3.05, 3.63) is 81.4 Å². The average Bonchev–Trinajstić information content (AvgIpc) is 3.16. The Morgan fingerprint density at radius 2 is 1.00 bits per heavy atom. The molecule has 0 radical (unpaired) electrons. The number of rotatable bonds is 2. The molecular formula is C20H13N5O2. The Bertz CT molecular complexity index is 1320. The normalized spacial score (nSPS) is 11.3. The largest absolute Gasteiger partial charge is 0.352 e. The molecule has 5 aromatic rings. The summed E-state index contributed by atoms with van der Waals surface area (Å²) in [7, 11) is 0. The van der Waals surface area contributed by atoms with Gasteiger partial charge in [0.2, 0.25) is 0 Å². The van der Waals surface area contributed by atoms with E-state index in [1.165, 1.54) is 0 Å². The van der Waals surface area contributed by atoms with Gasteiger partial charge in [-0.15, -0.1) is 0 Å². The first-order valence-electron chi connectivity index (χ1n) is 8.37. The number of fused-ring (bicyclic) bond motifs is 2. The average molecular weight is 355 g/mol. The van der Waals surface area contributed by atoms with Crippen LogP contribution in [0.3, 0.4) is 0 Å². The van der Waals surface area contributed by atoms with E-state index >= 15 is 0 Å². The second kappa shape index (κ2) is 5.77. The summed E-state index contributed by atoms with van der Waals surface area (Å²) in [6.07, 6.45) is 0. The van der Waals surface area contributed by atoms with E-state index in [0.717, 1.165) is 0 Å². The minimum Gasteiger partial charge on any atom is -0.352 e. The van der Waals surface area contributed by atoms with E-state index in [2.05, 4.69) is 24.9 Å². The molecule has 0 aliphatic carbocycles. The maximum atomic E-state index is 12.4. The first-order valence-corrected chi connectivity index (χ1v) is 8.37. The fraction of sp³-hybridized carbons (Fsp3) is 0. The van der Waals surface area contributed by atoms with Crippen molar-refractivity contribution >= 4 is 22.1 Å². The summed E-state index contributed by atoms with van der Waals surface area (Å²) in [6.45, 7) is 0. The first kappa shape index (κ1) is 15.3. The summed E-state index contributed by atoms with van der Waals surface area (Å²) in [4.78, 5) is 42.4. The Morgan fingerprint density at radius 3 is 1.48 bits per heavy atom. The highest BCUT2D eigenvalue weighted by molar-refractivity contribution is 5.78. The lowest BCUT2D eigenvalue weighted by Crippen LogP contribution is -2.12. The van der Waals surface area contributed by atoms with Crippen molar-refractivity contribution in [2.75, 3.05) is 0 Å². The van der Waals surface area contributed by atoms with Gasteiger partial charge in [0.05, 0.1) is 33.5 Å². The van der Waals surface area contributed by atoms with Crippen molar-refractivity contribution in [2.24, 2.45) is 0 Å². The van der Waals surface area contributed by atoms with E-state index in [0.29, 0.717) is 33.5 Å². The molecule has 3 heterocycles. The summed E-state index contributed by atoms with van der Waals surface area (Å²) in [6, 6.07) is 18.1. The minimum atomic E-state index is -0.303. The monoisotopic (exact) mass is 355 g/mol. The van der Waals surface area contributed by atoms with Gasteiger partial charge in [-0.3, -0.25) is 9.59 Å². The molecule has 0 spiro atoms. The van der Waals surface area contributed by atoms with Crippen LogP contribution in [0.4, 0.5) is 0 Å². The number of nitrogens with zero attached hydrogens (tertiary/aromatic N) is 2. The Hall–Kier alpha value is -4.00. The van der Waals surface area contributed by atoms with Crippen LogP contribution in [0.2, 0.25) is 0 Å². The number of nitrogens with one attached hydrogen (secondary N) is 3. The van der Waals surface area contributed by atoms with Gasteiger partial charge in [0.25, 0.3) is 11.1 Å². The number of para-hydroxylation sites is 4. The lowest BCUT2D eigenvalue weighted by Gasteiger charge is -2.02. The molecule has 0 saturated carbocycles. The molecule has 0 saturated heterocycles. The Kier molecular flexibility index (Phi) is 3.26. The molecule has 3 aromatic heterocycles. The summed E-state index contributed by atoms with van der Waals surface area (Å²) < 4.78 is 0. The molecule has 5 rings (SSSR count). The van der Waals surface area contributed by atoms with Gasteiger partial charge >= 0.3 is 0 Å². The molecule has 0 bridgehead atoms. The molecule has 7 heteroatoms. The highest BCUT2D eigenvalue weighted by Crippen LogP contribution is 2.20. The highest BCUT2D eigenvalue weighted by Gasteiger charge is 2.13. The second-order valence-corrected chi connectivity index (χ2v) is 6.15.